The highest BCUT2D eigenvalue weighted by atomic mass is 32.2. The number of pyridine rings is 1. The fraction of sp³-hybridized carbons (Fsp3) is 0.304. The predicted molar refractivity (Wildman–Crippen MR) is 126 cm³/mol. The molecule has 0 aliphatic carbocycles. The Morgan fingerprint density at radius 2 is 2.06 bits per heavy atom. The number of hydrogen-bond acceptors (Lipinski definition) is 6. The summed E-state index contributed by atoms with van der Waals surface area (Å²) in [6.45, 7) is 6.87. The normalized spacial score (nSPS) is 15.8. The molecule has 1 unspecified atom stereocenters. The van der Waals surface area contributed by atoms with Crippen molar-refractivity contribution in [1.82, 2.24) is 20.2 Å². The van der Waals surface area contributed by atoms with Crippen LogP contribution in [0.4, 0.5) is 0 Å². The average molecular weight is 453 g/mol. The van der Waals surface area contributed by atoms with E-state index < -0.39 is 0 Å². The molecule has 2 aromatic heterocycles. The average Bonchev–Trinajstić information content (AvgIpc) is 3.38. The van der Waals surface area contributed by atoms with Crippen LogP contribution in [0.15, 0.2) is 42.7 Å². The van der Waals surface area contributed by atoms with E-state index in [1.165, 1.54) is 11.3 Å². The molecule has 3 aromatic rings. The van der Waals surface area contributed by atoms with Gasteiger partial charge in [0.05, 0.1) is 20.8 Å². The van der Waals surface area contributed by atoms with Gasteiger partial charge in [0, 0.05) is 31.2 Å². The number of aromatic nitrogens is 2. The van der Waals surface area contributed by atoms with Crippen molar-refractivity contribution in [3.8, 4) is 10.4 Å². The van der Waals surface area contributed by atoms with E-state index in [0.717, 1.165) is 32.3 Å². The molecule has 1 aliphatic heterocycles. The Bertz CT molecular complexity index is 1130. The SMILES string of the molecule is Cc1cccc(-c2sc(C)nc2C(=O)N2CCSC2CNC(=O)c2cnccc2C)c1. The summed E-state index contributed by atoms with van der Waals surface area (Å²) in [6, 6.07) is 9.95. The lowest BCUT2D eigenvalue weighted by atomic mass is 10.1. The Morgan fingerprint density at radius 1 is 1.23 bits per heavy atom. The summed E-state index contributed by atoms with van der Waals surface area (Å²) in [5.41, 5.74) is 4.08. The van der Waals surface area contributed by atoms with Crippen LogP contribution >= 0.6 is 23.1 Å². The fourth-order valence-electron chi connectivity index (χ4n) is 3.59. The van der Waals surface area contributed by atoms with Crippen molar-refractivity contribution >= 4 is 34.9 Å². The smallest absolute Gasteiger partial charge is 0.274 e. The number of nitrogens with zero attached hydrogens (tertiary/aromatic N) is 3. The summed E-state index contributed by atoms with van der Waals surface area (Å²) in [5, 5.41) is 3.71. The van der Waals surface area contributed by atoms with E-state index in [9.17, 15) is 9.59 Å². The minimum absolute atomic E-state index is 0.0809. The maximum atomic E-state index is 13.5. The van der Waals surface area contributed by atoms with E-state index >= 15 is 0 Å². The third-order valence-electron chi connectivity index (χ3n) is 5.19. The van der Waals surface area contributed by atoms with Gasteiger partial charge in [0.2, 0.25) is 0 Å². The molecule has 8 heteroatoms. The first-order chi connectivity index (χ1) is 14.9. The molecule has 6 nitrogen and oxygen atoms in total. The fourth-order valence-corrected chi connectivity index (χ4v) is 5.65. The first-order valence-corrected chi connectivity index (χ1v) is 12.0. The molecule has 0 saturated carbocycles. The van der Waals surface area contributed by atoms with Crippen molar-refractivity contribution in [2.45, 2.75) is 26.1 Å². The number of thiazole rings is 1. The first-order valence-electron chi connectivity index (χ1n) is 10.1. The number of amides is 2. The van der Waals surface area contributed by atoms with E-state index in [0.29, 0.717) is 24.3 Å². The second kappa shape index (κ2) is 9.20. The van der Waals surface area contributed by atoms with Crippen LogP contribution in [0, 0.1) is 20.8 Å². The Kier molecular flexibility index (Phi) is 6.38. The minimum Gasteiger partial charge on any atom is -0.349 e. The molecule has 1 atom stereocenters. The van der Waals surface area contributed by atoms with Gasteiger partial charge in [0.15, 0.2) is 0 Å². The molecule has 0 bridgehead atoms. The van der Waals surface area contributed by atoms with Crippen LogP contribution in [0.2, 0.25) is 0 Å². The zero-order chi connectivity index (χ0) is 22.0. The van der Waals surface area contributed by atoms with Gasteiger partial charge in [-0.25, -0.2) is 4.98 Å². The van der Waals surface area contributed by atoms with Crippen LogP contribution < -0.4 is 5.32 Å². The van der Waals surface area contributed by atoms with Crippen LogP contribution in [-0.4, -0.2) is 50.9 Å². The van der Waals surface area contributed by atoms with Crippen molar-refractivity contribution in [3.63, 3.8) is 0 Å². The van der Waals surface area contributed by atoms with Crippen molar-refractivity contribution in [1.29, 1.82) is 0 Å². The van der Waals surface area contributed by atoms with Gasteiger partial charge >= 0.3 is 0 Å². The quantitative estimate of drug-likeness (QED) is 0.631. The van der Waals surface area contributed by atoms with Crippen LogP contribution in [0.3, 0.4) is 0 Å². The zero-order valence-electron chi connectivity index (χ0n) is 17.7. The maximum absolute atomic E-state index is 13.5. The highest BCUT2D eigenvalue weighted by Gasteiger charge is 2.33. The maximum Gasteiger partial charge on any atom is 0.274 e. The standard InChI is InChI=1S/C23H24N4O2S2/c1-14-5-4-6-17(11-14)21-20(26-16(3)31-21)23(29)27-9-10-30-19(27)13-25-22(28)18-12-24-8-7-15(18)2/h4-8,11-12,19H,9-10,13H2,1-3H3,(H,25,28). The molecule has 3 heterocycles. The highest BCUT2D eigenvalue weighted by molar-refractivity contribution is 8.00. The van der Waals surface area contributed by atoms with E-state index in [1.54, 1.807) is 24.2 Å². The lowest BCUT2D eigenvalue weighted by Crippen LogP contribution is -2.42. The molecular weight excluding hydrogens is 428 g/mol. The van der Waals surface area contributed by atoms with Crippen molar-refractivity contribution < 1.29 is 9.59 Å². The van der Waals surface area contributed by atoms with Gasteiger partial charge in [-0.1, -0.05) is 29.8 Å². The van der Waals surface area contributed by atoms with Gasteiger partial charge in [-0.3, -0.25) is 14.6 Å². The number of hydrogen-bond donors (Lipinski definition) is 1. The topological polar surface area (TPSA) is 75.2 Å². The molecule has 1 N–H and O–H groups in total. The number of rotatable bonds is 5. The number of carbonyl (C=O) groups excluding carboxylic acids is 2. The Morgan fingerprint density at radius 3 is 2.84 bits per heavy atom. The molecule has 1 aromatic carbocycles. The first kappa shape index (κ1) is 21.5. The largest absolute Gasteiger partial charge is 0.349 e. The molecule has 4 rings (SSSR count). The molecule has 1 fully saturated rings. The van der Waals surface area contributed by atoms with Crippen LogP contribution in [-0.2, 0) is 0 Å². The molecule has 1 saturated heterocycles. The Hall–Kier alpha value is -2.71. The molecule has 0 spiro atoms. The number of benzene rings is 1. The van der Waals surface area contributed by atoms with Gasteiger partial charge in [-0.05, 0) is 38.0 Å². The van der Waals surface area contributed by atoms with Gasteiger partial charge in [-0.15, -0.1) is 23.1 Å². The zero-order valence-corrected chi connectivity index (χ0v) is 19.3. The van der Waals surface area contributed by atoms with Crippen molar-refractivity contribution in [3.05, 3.63) is 70.1 Å². The predicted octanol–water partition coefficient (Wildman–Crippen LogP) is 4.08. The summed E-state index contributed by atoms with van der Waals surface area (Å²) in [4.78, 5) is 37.4. The van der Waals surface area contributed by atoms with E-state index in [-0.39, 0.29) is 17.2 Å². The second-order valence-electron chi connectivity index (χ2n) is 7.50. The van der Waals surface area contributed by atoms with E-state index in [4.69, 9.17) is 0 Å². The highest BCUT2D eigenvalue weighted by Crippen LogP contribution is 2.33. The second-order valence-corrected chi connectivity index (χ2v) is 9.99. The number of aryl methyl sites for hydroxylation is 3. The summed E-state index contributed by atoms with van der Waals surface area (Å²) < 4.78 is 0. The number of thioether (sulfide) groups is 1. The van der Waals surface area contributed by atoms with Crippen molar-refractivity contribution in [2.24, 2.45) is 0 Å². The third-order valence-corrected chi connectivity index (χ3v) is 7.43. The summed E-state index contributed by atoms with van der Waals surface area (Å²) >= 11 is 3.22. The molecule has 0 radical (unpaired) electrons. The lowest BCUT2D eigenvalue weighted by molar-refractivity contribution is 0.0747. The molecule has 1 aliphatic rings. The minimum atomic E-state index is -0.171. The number of nitrogens with one attached hydrogen (secondary N) is 1. The third kappa shape index (κ3) is 4.65. The van der Waals surface area contributed by atoms with Crippen molar-refractivity contribution in [2.75, 3.05) is 18.8 Å². The van der Waals surface area contributed by atoms with Gasteiger partial charge in [0.1, 0.15) is 5.69 Å². The monoisotopic (exact) mass is 452 g/mol. The summed E-state index contributed by atoms with van der Waals surface area (Å²) in [6.07, 6.45) is 3.24. The van der Waals surface area contributed by atoms with Gasteiger partial charge in [-0.2, -0.15) is 0 Å². The van der Waals surface area contributed by atoms with E-state index in [1.807, 2.05) is 49.9 Å². The summed E-state index contributed by atoms with van der Waals surface area (Å²) in [7, 11) is 0. The lowest BCUT2D eigenvalue weighted by Gasteiger charge is -2.24. The Balaban J connectivity index is 1.51. The van der Waals surface area contributed by atoms with Crippen LogP contribution in [0.5, 0.6) is 0 Å². The molecular formula is C23H24N4O2S2. The molecule has 2 amide bonds. The molecule has 31 heavy (non-hydrogen) atoms. The Labute approximate surface area is 190 Å². The van der Waals surface area contributed by atoms with Gasteiger partial charge in [0.25, 0.3) is 11.8 Å². The van der Waals surface area contributed by atoms with Crippen LogP contribution in [0.1, 0.15) is 37.0 Å². The number of carbonyl (C=O) groups is 2. The molecule has 160 valence electrons. The summed E-state index contributed by atoms with van der Waals surface area (Å²) in [5.74, 6) is 0.583. The van der Waals surface area contributed by atoms with Gasteiger partial charge < -0.3 is 10.2 Å². The van der Waals surface area contributed by atoms with Crippen LogP contribution in [0.25, 0.3) is 10.4 Å². The van der Waals surface area contributed by atoms with E-state index in [2.05, 4.69) is 21.4 Å².